The molecule has 2 aromatic rings. The van der Waals surface area contributed by atoms with Crippen LogP contribution in [0.3, 0.4) is 0 Å². The number of halogens is 3. The highest BCUT2D eigenvalue weighted by atomic mass is 32.2. The molecule has 146 valence electrons. The van der Waals surface area contributed by atoms with E-state index in [4.69, 9.17) is 4.74 Å². The molecule has 2 rings (SSSR count). The summed E-state index contributed by atoms with van der Waals surface area (Å²) in [5.41, 5.74) is -0.211. The van der Waals surface area contributed by atoms with E-state index in [0.717, 1.165) is 12.1 Å². The molecule has 0 saturated carbocycles. The number of nitrogens with one attached hydrogen (secondary N) is 1. The maximum Gasteiger partial charge on any atom is 0.416 e. The van der Waals surface area contributed by atoms with Crippen molar-refractivity contribution in [2.24, 2.45) is 0 Å². The molecule has 0 bridgehead atoms. The molecule has 9 heteroatoms. The molecule has 0 heterocycles. The molecule has 0 amide bonds. The minimum atomic E-state index is -4.46. The molecule has 1 unspecified atom stereocenters. The average Bonchev–Trinajstić information content (AvgIpc) is 2.61. The first-order valence-corrected chi connectivity index (χ1v) is 9.49. The van der Waals surface area contributed by atoms with Crippen LogP contribution in [0.25, 0.3) is 0 Å². The van der Waals surface area contributed by atoms with Crippen molar-refractivity contribution in [3.05, 3.63) is 65.2 Å². The fourth-order valence-electron chi connectivity index (χ4n) is 2.31. The Balaban J connectivity index is 2.14. The Kier molecular flexibility index (Phi) is 6.27. The summed E-state index contributed by atoms with van der Waals surface area (Å²) in [6.45, 7) is 3.38. The summed E-state index contributed by atoms with van der Waals surface area (Å²) in [6.07, 6.45) is -4.46. The normalized spacial score (nSPS) is 13.2. The lowest BCUT2D eigenvalue weighted by molar-refractivity contribution is -0.137. The summed E-state index contributed by atoms with van der Waals surface area (Å²) in [6, 6.07) is 8.66. The SMILES string of the molecule is CCOC(=O)c1ccc(S(=O)(=O)NC(C)c2ccc(C(F)(F)F)cc2)cc1. The first-order chi connectivity index (χ1) is 12.5. The molecular weight excluding hydrogens is 383 g/mol. The quantitative estimate of drug-likeness (QED) is 0.745. The summed E-state index contributed by atoms with van der Waals surface area (Å²) in [4.78, 5) is 11.5. The van der Waals surface area contributed by atoms with Crippen LogP contribution in [0.4, 0.5) is 13.2 Å². The number of carbonyl (C=O) groups is 1. The van der Waals surface area contributed by atoms with Gasteiger partial charge in [-0.2, -0.15) is 13.2 Å². The van der Waals surface area contributed by atoms with Crippen LogP contribution in [0.2, 0.25) is 0 Å². The minimum absolute atomic E-state index is 0.0747. The van der Waals surface area contributed by atoms with Crippen LogP contribution in [0, 0.1) is 0 Å². The number of benzene rings is 2. The molecule has 1 atom stereocenters. The Hall–Kier alpha value is -2.39. The molecule has 0 fully saturated rings. The molecule has 5 nitrogen and oxygen atoms in total. The average molecular weight is 401 g/mol. The summed E-state index contributed by atoms with van der Waals surface area (Å²) in [5.74, 6) is -0.562. The van der Waals surface area contributed by atoms with Gasteiger partial charge < -0.3 is 4.74 Å². The van der Waals surface area contributed by atoms with Gasteiger partial charge in [-0.3, -0.25) is 0 Å². The van der Waals surface area contributed by atoms with Gasteiger partial charge >= 0.3 is 12.1 Å². The van der Waals surface area contributed by atoms with E-state index in [1.807, 2.05) is 0 Å². The van der Waals surface area contributed by atoms with Crippen molar-refractivity contribution < 1.29 is 31.1 Å². The zero-order valence-electron chi connectivity index (χ0n) is 14.6. The number of esters is 1. The smallest absolute Gasteiger partial charge is 0.416 e. The standard InChI is InChI=1S/C18H18F3NO4S/c1-3-26-17(23)14-6-10-16(11-7-14)27(24,25)22-12(2)13-4-8-15(9-5-13)18(19,20)21/h4-12,22H,3H2,1-2H3. The summed E-state index contributed by atoms with van der Waals surface area (Å²) in [5, 5.41) is 0. The Labute approximate surface area is 155 Å². The van der Waals surface area contributed by atoms with E-state index in [2.05, 4.69) is 4.72 Å². The van der Waals surface area contributed by atoms with Crippen molar-refractivity contribution in [2.45, 2.75) is 31.0 Å². The Morgan fingerprint density at radius 2 is 1.63 bits per heavy atom. The largest absolute Gasteiger partial charge is 0.462 e. The summed E-state index contributed by atoms with van der Waals surface area (Å²) < 4.78 is 69.9. The van der Waals surface area contributed by atoms with Gasteiger partial charge in [0.15, 0.2) is 0 Å². The molecule has 0 aromatic heterocycles. The van der Waals surface area contributed by atoms with Gasteiger partial charge in [-0.15, -0.1) is 0 Å². The fourth-order valence-corrected chi connectivity index (χ4v) is 3.55. The number of sulfonamides is 1. The van der Waals surface area contributed by atoms with Gasteiger partial charge in [-0.25, -0.2) is 17.9 Å². The first kappa shape index (κ1) is 20.9. The molecule has 0 saturated heterocycles. The van der Waals surface area contributed by atoms with E-state index < -0.39 is 33.8 Å². The Morgan fingerprint density at radius 3 is 2.11 bits per heavy atom. The molecule has 0 spiro atoms. The van der Waals surface area contributed by atoms with E-state index in [1.165, 1.54) is 43.3 Å². The van der Waals surface area contributed by atoms with Crippen molar-refractivity contribution in [3.63, 3.8) is 0 Å². The third-order valence-electron chi connectivity index (χ3n) is 3.75. The summed E-state index contributed by atoms with van der Waals surface area (Å²) >= 11 is 0. The second-order valence-corrected chi connectivity index (χ2v) is 7.42. The maximum absolute atomic E-state index is 12.6. The maximum atomic E-state index is 12.6. The zero-order valence-corrected chi connectivity index (χ0v) is 15.4. The van der Waals surface area contributed by atoms with E-state index in [9.17, 15) is 26.4 Å². The van der Waals surface area contributed by atoms with Crippen LogP contribution in [-0.4, -0.2) is 21.0 Å². The summed E-state index contributed by atoms with van der Waals surface area (Å²) in [7, 11) is -3.93. The predicted molar refractivity (Wildman–Crippen MR) is 92.6 cm³/mol. The molecular formula is C18H18F3NO4S. The molecule has 0 aliphatic heterocycles. The van der Waals surface area contributed by atoms with Crippen LogP contribution >= 0.6 is 0 Å². The molecule has 27 heavy (non-hydrogen) atoms. The van der Waals surface area contributed by atoms with E-state index in [-0.39, 0.29) is 17.1 Å². The lowest BCUT2D eigenvalue weighted by Gasteiger charge is -2.16. The topological polar surface area (TPSA) is 72.5 Å². The Morgan fingerprint density at radius 1 is 1.07 bits per heavy atom. The van der Waals surface area contributed by atoms with Gasteiger partial charge in [0, 0.05) is 6.04 Å². The molecule has 0 aliphatic rings. The first-order valence-electron chi connectivity index (χ1n) is 8.01. The molecule has 2 aromatic carbocycles. The van der Waals surface area contributed by atoms with Gasteiger partial charge in [-0.1, -0.05) is 12.1 Å². The highest BCUT2D eigenvalue weighted by Gasteiger charge is 2.30. The van der Waals surface area contributed by atoms with Gasteiger partial charge in [0.25, 0.3) is 0 Å². The number of hydrogen-bond donors (Lipinski definition) is 1. The minimum Gasteiger partial charge on any atom is -0.462 e. The number of hydrogen-bond acceptors (Lipinski definition) is 4. The van der Waals surface area contributed by atoms with Crippen LogP contribution in [0.5, 0.6) is 0 Å². The van der Waals surface area contributed by atoms with E-state index >= 15 is 0 Å². The molecule has 0 radical (unpaired) electrons. The van der Waals surface area contributed by atoms with Crippen molar-refractivity contribution in [2.75, 3.05) is 6.61 Å². The number of rotatable bonds is 6. The molecule has 0 aliphatic carbocycles. The van der Waals surface area contributed by atoms with Gasteiger partial charge in [-0.05, 0) is 55.8 Å². The lowest BCUT2D eigenvalue weighted by atomic mass is 10.1. The van der Waals surface area contributed by atoms with Gasteiger partial charge in [0.05, 0.1) is 22.6 Å². The van der Waals surface area contributed by atoms with Crippen LogP contribution in [0.1, 0.15) is 41.4 Å². The molecule has 1 N–H and O–H groups in total. The predicted octanol–water partition coefficient (Wildman–Crippen LogP) is 3.92. The third kappa shape index (κ3) is 5.30. The second-order valence-electron chi connectivity index (χ2n) is 5.71. The zero-order chi connectivity index (χ0) is 20.2. The number of ether oxygens (including phenoxy) is 1. The van der Waals surface area contributed by atoms with Crippen molar-refractivity contribution in [1.29, 1.82) is 0 Å². The highest BCUT2D eigenvalue weighted by Crippen LogP contribution is 2.30. The van der Waals surface area contributed by atoms with Crippen LogP contribution in [-0.2, 0) is 20.9 Å². The van der Waals surface area contributed by atoms with Crippen molar-refractivity contribution >= 4 is 16.0 Å². The third-order valence-corrected chi connectivity index (χ3v) is 5.30. The van der Waals surface area contributed by atoms with Crippen molar-refractivity contribution in [1.82, 2.24) is 4.72 Å². The Bertz CT molecular complexity index is 892. The van der Waals surface area contributed by atoms with E-state index in [0.29, 0.717) is 5.56 Å². The monoisotopic (exact) mass is 401 g/mol. The van der Waals surface area contributed by atoms with Crippen LogP contribution in [0.15, 0.2) is 53.4 Å². The second kappa shape index (κ2) is 8.10. The van der Waals surface area contributed by atoms with Gasteiger partial charge in [0.2, 0.25) is 10.0 Å². The van der Waals surface area contributed by atoms with E-state index in [1.54, 1.807) is 6.92 Å². The number of alkyl halides is 3. The van der Waals surface area contributed by atoms with Crippen molar-refractivity contribution in [3.8, 4) is 0 Å². The number of carbonyl (C=O) groups excluding carboxylic acids is 1. The fraction of sp³-hybridized carbons (Fsp3) is 0.278. The highest BCUT2D eigenvalue weighted by molar-refractivity contribution is 7.89. The van der Waals surface area contributed by atoms with Crippen LogP contribution < -0.4 is 4.72 Å². The van der Waals surface area contributed by atoms with Gasteiger partial charge in [0.1, 0.15) is 0 Å². The lowest BCUT2D eigenvalue weighted by Crippen LogP contribution is -2.27.